The number of carboxylic acids is 1. The van der Waals surface area contributed by atoms with Gasteiger partial charge >= 0.3 is 5.97 Å². The first kappa shape index (κ1) is 32.7. The zero-order valence-corrected chi connectivity index (χ0v) is 26.5. The Kier molecular flexibility index (Phi) is 11.4. The van der Waals surface area contributed by atoms with Gasteiger partial charge in [-0.2, -0.15) is 11.8 Å². The van der Waals surface area contributed by atoms with Crippen LogP contribution in [0.4, 0.5) is 0 Å². The first-order chi connectivity index (χ1) is 20.5. The molecular weight excluding hydrogens is 585 g/mol. The number of methoxy groups -OCH3 is 1. The van der Waals surface area contributed by atoms with Gasteiger partial charge in [-0.3, -0.25) is 9.69 Å². The summed E-state index contributed by atoms with van der Waals surface area (Å²) in [6.45, 7) is 4.22. The average molecular weight is 625 g/mol. The van der Waals surface area contributed by atoms with E-state index in [4.69, 9.17) is 4.74 Å². The normalized spacial score (nSPS) is 17.9. The third kappa shape index (κ3) is 9.40. The van der Waals surface area contributed by atoms with E-state index in [1.165, 1.54) is 5.56 Å². The molecule has 8 nitrogen and oxygen atoms in total. The fourth-order valence-corrected chi connectivity index (χ4v) is 7.39. The smallest absolute Gasteiger partial charge is 0.326 e. The Bertz CT molecular complexity index is 1510. The largest absolute Gasteiger partial charge is 0.480 e. The van der Waals surface area contributed by atoms with Crippen LogP contribution < -0.4 is 5.32 Å². The second-order valence-electron chi connectivity index (χ2n) is 11.2. The van der Waals surface area contributed by atoms with E-state index in [2.05, 4.69) is 34.5 Å². The van der Waals surface area contributed by atoms with Gasteiger partial charge in [0, 0.05) is 49.1 Å². The Morgan fingerprint density at radius 3 is 2.44 bits per heavy atom. The number of ether oxygens (including phenoxy) is 1. The highest BCUT2D eigenvalue weighted by molar-refractivity contribution is 7.99. The summed E-state index contributed by atoms with van der Waals surface area (Å²) in [7, 11) is -1.66. The summed E-state index contributed by atoms with van der Waals surface area (Å²) in [4.78, 5) is 27.8. The van der Waals surface area contributed by atoms with Crippen molar-refractivity contribution in [2.24, 2.45) is 0 Å². The van der Waals surface area contributed by atoms with Crippen LogP contribution in [0.1, 0.15) is 39.9 Å². The van der Waals surface area contributed by atoms with Crippen LogP contribution >= 0.6 is 11.8 Å². The highest BCUT2D eigenvalue weighted by Crippen LogP contribution is 2.33. The number of amides is 1. The fraction of sp³-hybridized carbons (Fsp3) is 0.394. The molecular formula is C33H40N2O6S2. The van der Waals surface area contributed by atoms with Gasteiger partial charge in [0.2, 0.25) is 0 Å². The first-order valence-electron chi connectivity index (χ1n) is 14.3. The summed E-state index contributed by atoms with van der Waals surface area (Å²) in [5, 5.41) is 12.7. The number of nitrogens with zero attached hydrogens (tertiary/aromatic N) is 1. The lowest BCUT2D eigenvalue weighted by atomic mass is 9.93. The zero-order valence-electron chi connectivity index (χ0n) is 24.9. The molecule has 1 unspecified atom stereocenters. The van der Waals surface area contributed by atoms with Crippen LogP contribution in [-0.2, 0) is 31.7 Å². The summed E-state index contributed by atoms with van der Waals surface area (Å²) in [6, 6.07) is 22.9. The number of likely N-dealkylation sites (tertiary alicyclic amines) is 1. The molecule has 43 heavy (non-hydrogen) atoms. The Labute approximate surface area is 258 Å². The van der Waals surface area contributed by atoms with E-state index in [0.29, 0.717) is 29.5 Å². The van der Waals surface area contributed by atoms with E-state index in [9.17, 15) is 23.1 Å². The molecule has 0 saturated carbocycles. The molecule has 1 aliphatic heterocycles. The van der Waals surface area contributed by atoms with E-state index in [-0.39, 0.29) is 18.2 Å². The molecule has 0 radical (unpaired) electrons. The number of hydrogen-bond acceptors (Lipinski definition) is 7. The van der Waals surface area contributed by atoms with E-state index in [0.717, 1.165) is 41.7 Å². The van der Waals surface area contributed by atoms with E-state index < -0.39 is 27.8 Å². The quantitative estimate of drug-likeness (QED) is 0.263. The van der Waals surface area contributed by atoms with Crippen LogP contribution in [0.25, 0.3) is 11.1 Å². The molecule has 1 amide bonds. The van der Waals surface area contributed by atoms with Gasteiger partial charge in [-0.25, -0.2) is 13.2 Å². The molecule has 0 spiro atoms. The average Bonchev–Trinajstić information content (AvgIpc) is 3.35. The molecule has 0 bridgehead atoms. The second kappa shape index (κ2) is 15.0. The van der Waals surface area contributed by atoms with Crippen molar-refractivity contribution in [2.45, 2.75) is 49.4 Å². The second-order valence-corrected chi connectivity index (χ2v) is 14.7. The molecule has 1 saturated heterocycles. The predicted molar refractivity (Wildman–Crippen MR) is 172 cm³/mol. The van der Waals surface area contributed by atoms with E-state index in [1.54, 1.807) is 13.2 Å². The molecule has 3 atom stereocenters. The van der Waals surface area contributed by atoms with Gasteiger partial charge in [0.1, 0.15) is 15.9 Å². The maximum absolute atomic E-state index is 13.5. The minimum atomic E-state index is -3.39. The SMILES string of the molecule is COCC1C[C@@H](SCc2ccccc2)CN1Cc1ccc(C(=O)N[C@@H](CCS(C)(=O)=O)C(=O)O)c(-c2ccccc2C)c1. The Balaban J connectivity index is 1.56. The van der Waals surface area contributed by atoms with Crippen LogP contribution in [0.5, 0.6) is 0 Å². The van der Waals surface area contributed by atoms with Crippen molar-refractivity contribution in [3.63, 3.8) is 0 Å². The van der Waals surface area contributed by atoms with Crippen molar-refractivity contribution >= 4 is 33.5 Å². The fourth-order valence-electron chi connectivity index (χ4n) is 5.45. The number of hydrogen-bond donors (Lipinski definition) is 2. The standard InChI is InChI=1S/C33H40N2O6S2/c1-23-9-7-8-12-28(23)30-17-25(13-14-29(30)32(36)34-31(33(37)38)15-16-43(3,39)40)19-35-20-27(18-26(35)21-41-2)42-22-24-10-5-4-6-11-24/h4-14,17,26-27,31H,15-16,18-22H2,1-3H3,(H,34,36)(H,37,38)/t26?,27-,31+/m1/s1. The Morgan fingerprint density at radius 1 is 1.05 bits per heavy atom. The summed E-state index contributed by atoms with van der Waals surface area (Å²) in [5.74, 6) is -1.20. The van der Waals surface area contributed by atoms with Crippen LogP contribution in [0.15, 0.2) is 72.8 Å². The highest BCUT2D eigenvalue weighted by Gasteiger charge is 2.32. The van der Waals surface area contributed by atoms with Crippen molar-refractivity contribution in [2.75, 3.05) is 32.3 Å². The number of sulfone groups is 1. The molecule has 230 valence electrons. The number of aliphatic carboxylic acids is 1. The lowest BCUT2D eigenvalue weighted by Crippen LogP contribution is -2.42. The summed E-state index contributed by atoms with van der Waals surface area (Å²) >= 11 is 1.97. The van der Waals surface area contributed by atoms with Gasteiger partial charge in [0.15, 0.2) is 0 Å². The number of carbonyl (C=O) groups excluding carboxylic acids is 1. The van der Waals surface area contributed by atoms with E-state index >= 15 is 0 Å². The zero-order chi connectivity index (χ0) is 31.0. The lowest BCUT2D eigenvalue weighted by molar-refractivity contribution is -0.139. The first-order valence-corrected chi connectivity index (χ1v) is 17.4. The molecule has 1 fully saturated rings. The molecule has 10 heteroatoms. The van der Waals surface area contributed by atoms with Gasteiger partial charge < -0.3 is 15.2 Å². The number of aryl methyl sites for hydroxylation is 1. The topological polar surface area (TPSA) is 113 Å². The van der Waals surface area contributed by atoms with Crippen molar-refractivity contribution in [3.8, 4) is 11.1 Å². The number of carboxylic acid groups (broad SMARTS) is 1. The minimum absolute atomic E-state index is 0.211. The van der Waals surface area contributed by atoms with E-state index in [1.807, 2.05) is 61.2 Å². The minimum Gasteiger partial charge on any atom is -0.480 e. The maximum Gasteiger partial charge on any atom is 0.326 e. The van der Waals surface area contributed by atoms with Crippen LogP contribution in [0.2, 0.25) is 0 Å². The van der Waals surface area contributed by atoms with Crippen molar-refractivity contribution in [3.05, 3.63) is 95.1 Å². The third-order valence-electron chi connectivity index (χ3n) is 7.71. The summed E-state index contributed by atoms with van der Waals surface area (Å²) in [5.41, 5.74) is 5.26. The van der Waals surface area contributed by atoms with Gasteiger partial charge in [0.25, 0.3) is 5.91 Å². The number of thioether (sulfide) groups is 1. The molecule has 0 aliphatic carbocycles. The monoisotopic (exact) mass is 624 g/mol. The lowest BCUT2D eigenvalue weighted by Gasteiger charge is -2.24. The van der Waals surface area contributed by atoms with Crippen LogP contribution in [-0.4, -0.2) is 79.9 Å². The molecule has 0 aromatic heterocycles. The van der Waals surface area contributed by atoms with Crippen molar-refractivity contribution in [1.29, 1.82) is 0 Å². The highest BCUT2D eigenvalue weighted by atomic mass is 32.2. The van der Waals surface area contributed by atoms with Crippen LogP contribution in [0, 0.1) is 6.92 Å². The molecule has 2 N–H and O–H groups in total. The molecule has 3 aromatic rings. The number of rotatable bonds is 14. The summed E-state index contributed by atoms with van der Waals surface area (Å²) < 4.78 is 28.8. The number of carbonyl (C=O) groups is 2. The third-order valence-corrected chi connectivity index (χ3v) is 10.00. The van der Waals surface area contributed by atoms with Gasteiger partial charge in [-0.15, -0.1) is 0 Å². The molecule has 3 aromatic carbocycles. The predicted octanol–water partition coefficient (Wildman–Crippen LogP) is 4.80. The Hall–Kier alpha value is -3.18. The van der Waals surface area contributed by atoms with Crippen molar-refractivity contribution < 1.29 is 27.9 Å². The van der Waals surface area contributed by atoms with Gasteiger partial charge in [-0.1, -0.05) is 60.7 Å². The molecule has 1 heterocycles. The Morgan fingerprint density at radius 2 is 1.77 bits per heavy atom. The van der Waals surface area contributed by atoms with Gasteiger partial charge in [-0.05, 0) is 59.7 Å². The van der Waals surface area contributed by atoms with Crippen molar-refractivity contribution in [1.82, 2.24) is 10.2 Å². The maximum atomic E-state index is 13.5. The summed E-state index contributed by atoms with van der Waals surface area (Å²) in [6.07, 6.45) is 1.86. The molecule has 4 rings (SSSR count). The number of nitrogens with one attached hydrogen (secondary N) is 1. The van der Waals surface area contributed by atoms with Crippen LogP contribution in [0.3, 0.4) is 0 Å². The number of benzene rings is 3. The molecule has 1 aliphatic rings. The van der Waals surface area contributed by atoms with Gasteiger partial charge in [0.05, 0.1) is 12.4 Å².